The minimum Gasteiger partial charge on any atom is -0.490 e. The molecule has 2 aromatic carbocycles. The van der Waals surface area contributed by atoms with E-state index in [1.54, 1.807) is 37.3 Å². The molecule has 2 heterocycles. The monoisotopic (exact) mass is 527 g/mol. The lowest BCUT2D eigenvalue weighted by Crippen LogP contribution is -2.34. The Bertz CT molecular complexity index is 1260. The van der Waals surface area contributed by atoms with E-state index in [1.165, 1.54) is 11.8 Å². The molecular weight excluding hydrogens is 502 g/mol. The second-order valence-corrected chi connectivity index (χ2v) is 9.12. The summed E-state index contributed by atoms with van der Waals surface area (Å²) < 4.78 is 17.0. The Balaban J connectivity index is 1.58. The van der Waals surface area contributed by atoms with Gasteiger partial charge in [-0.3, -0.25) is 4.79 Å². The number of carbonyl (C=O) groups is 2. The number of ether oxygens (including phenoxy) is 3. The highest BCUT2D eigenvalue weighted by Crippen LogP contribution is 2.43. The largest absolute Gasteiger partial charge is 0.490 e. The summed E-state index contributed by atoms with van der Waals surface area (Å²) in [6.07, 6.45) is 1.89. The van der Waals surface area contributed by atoms with Crippen molar-refractivity contribution in [2.24, 2.45) is 4.99 Å². The number of amidine groups is 1. The van der Waals surface area contributed by atoms with Gasteiger partial charge in [0.05, 0.1) is 30.5 Å². The number of nitrogens with one attached hydrogen (secondary N) is 1. The number of benzene rings is 2. The standard InChI is InChI=1S/C26H26ClN3O5S/c1-4-33-21-13-17(9-10-20(21)35-15-22(31)29-19-8-6-7-18(27)14-19)24-23(25(32)34-5-2)16(3)28-26-30(24)11-12-36-26/h6-14,24H,4-5,15H2,1-3H3,(H,29,31)/t24-/m0/s1. The Morgan fingerprint density at radius 1 is 1.11 bits per heavy atom. The third-order valence-corrected chi connectivity index (χ3v) is 6.37. The van der Waals surface area contributed by atoms with Gasteiger partial charge in [-0.1, -0.05) is 35.5 Å². The summed E-state index contributed by atoms with van der Waals surface area (Å²) in [5.41, 5.74) is 2.45. The summed E-state index contributed by atoms with van der Waals surface area (Å²) in [5, 5.41) is 5.98. The highest BCUT2D eigenvalue weighted by Gasteiger charge is 2.37. The number of amides is 1. The Morgan fingerprint density at radius 2 is 1.94 bits per heavy atom. The first-order chi connectivity index (χ1) is 17.4. The van der Waals surface area contributed by atoms with Crippen LogP contribution in [-0.2, 0) is 14.3 Å². The van der Waals surface area contributed by atoms with E-state index in [9.17, 15) is 9.59 Å². The molecule has 0 fully saturated rings. The molecule has 0 aromatic heterocycles. The third kappa shape index (κ3) is 5.68. The van der Waals surface area contributed by atoms with Gasteiger partial charge < -0.3 is 24.4 Å². The lowest BCUT2D eigenvalue weighted by molar-refractivity contribution is -0.139. The molecule has 0 radical (unpaired) electrons. The zero-order chi connectivity index (χ0) is 25.7. The van der Waals surface area contributed by atoms with Gasteiger partial charge in [0.1, 0.15) is 0 Å². The van der Waals surface area contributed by atoms with Crippen molar-refractivity contribution in [1.29, 1.82) is 0 Å². The molecular formula is C26H26ClN3O5S. The van der Waals surface area contributed by atoms with E-state index in [-0.39, 0.29) is 19.1 Å². The molecule has 0 saturated carbocycles. The summed E-state index contributed by atoms with van der Waals surface area (Å²) in [4.78, 5) is 31.8. The van der Waals surface area contributed by atoms with Crippen molar-refractivity contribution in [1.82, 2.24) is 4.90 Å². The second-order valence-electron chi connectivity index (χ2n) is 7.81. The fraction of sp³-hybridized carbons (Fsp3) is 0.269. The highest BCUT2D eigenvalue weighted by atomic mass is 35.5. The van der Waals surface area contributed by atoms with Gasteiger partial charge in [0.25, 0.3) is 5.91 Å². The van der Waals surface area contributed by atoms with Gasteiger partial charge in [-0.25, -0.2) is 9.79 Å². The number of anilines is 1. The van der Waals surface area contributed by atoms with Crippen LogP contribution in [0.2, 0.25) is 5.02 Å². The Kier molecular flexibility index (Phi) is 8.22. The molecule has 10 heteroatoms. The van der Waals surface area contributed by atoms with Crippen molar-refractivity contribution in [3.8, 4) is 11.5 Å². The van der Waals surface area contributed by atoms with Crippen LogP contribution in [-0.4, -0.2) is 41.8 Å². The Morgan fingerprint density at radius 3 is 2.69 bits per heavy atom. The van der Waals surface area contributed by atoms with Crippen molar-refractivity contribution in [3.05, 3.63) is 75.9 Å². The Hall–Kier alpha value is -3.43. The van der Waals surface area contributed by atoms with Crippen LogP contribution in [0, 0.1) is 0 Å². The number of esters is 1. The first-order valence-corrected chi connectivity index (χ1v) is 12.7. The van der Waals surface area contributed by atoms with Crippen LogP contribution in [0.1, 0.15) is 32.4 Å². The molecule has 4 rings (SSSR count). The fourth-order valence-electron chi connectivity index (χ4n) is 3.89. The molecule has 36 heavy (non-hydrogen) atoms. The van der Waals surface area contributed by atoms with Crippen LogP contribution in [0.15, 0.2) is 70.3 Å². The molecule has 1 amide bonds. The maximum atomic E-state index is 12.9. The number of fused-ring (bicyclic) bond motifs is 1. The fourth-order valence-corrected chi connectivity index (χ4v) is 4.87. The van der Waals surface area contributed by atoms with Gasteiger partial charge in [0.2, 0.25) is 0 Å². The number of carbonyl (C=O) groups excluding carboxylic acids is 2. The normalized spacial score (nSPS) is 16.4. The minimum atomic E-state index is -0.442. The first kappa shape index (κ1) is 25.7. The lowest BCUT2D eigenvalue weighted by Gasteiger charge is -2.33. The maximum Gasteiger partial charge on any atom is 0.338 e. The van der Waals surface area contributed by atoms with Crippen molar-refractivity contribution in [2.75, 3.05) is 25.1 Å². The van der Waals surface area contributed by atoms with Crippen molar-refractivity contribution in [3.63, 3.8) is 0 Å². The van der Waals surface area contributed by atoms with E-state index in [0.29, 0.717) is 40.1 Å². The molecule has 0 aliphatic carbocycles. The molecule has 0 unspecified atom stereocenters. The molecule has 2 aromatic rings. The predicted octanol–water partition coefficient (Wildman–Crippen LogP) is 5.52. The number of thioether (sulfide) groups is 1. The number of nitrogens with zero attached hydrogens (tertiary/aromatic N) is 2. The maximum absolute atomic E-state index is 12.9. The molecule has 0 saturated heterocycles. The summed E-state index contributed by atoms with van der Waals surface area (Å²) in [6.45, 7) is 5.88. The first-order valence-electron chi connectivity index (χ1n) is 11.4. The van der Waals surface area contributed by atoms with Crippen molar-refractivity contribution in [2.45, 2.75) is 26.8 Å². The summed E-state index contributed by atoms with van der Waals surface area (Å²) in [5.74, 6) is 0.131. The second kappa shape index (κ2) is 11.5. The van der Waals surface area contributed by atoms with Crippen molar-refractivity contribution >= 4 is 46.1 Å². The van der Waals surface area contributed by atoms with E-state index in [1.807, 2.05) is 42.5 Å². The van der Waals surface area contributed by atoms with E-state index >= 15 is 0 Å². The predicted molar refractivity (Wildman–Crippen MR) is 141 cm³/mol. The number of rotatable bonds is 9. The van der Waals surface area contributed by atoms with E-state index in [2.05, 4.69) is 10.3 Å². The summed E-state index contributed by atoms with van der Waals surface area (Å²) >= 11 is 7.46. The Labute approximate surface area is 219 Å². The highest BCUT2D eigenvalue weighted by molar-refractivity contribution is 8.16. The van der Waals surface area contributed by atoms with Gasteiger partial charge in [-0.15, -0.1) is 0 Å². The number of hydrogen-bond donors (Lipinski definition) is 1. The van der Waals surface area contributed by atoms with E-state index < -0.39 is 12.0 Å². The number of halogens is 1. The average Bonchev–Trinajstić information content (AvgIpc) is 3.30. The van der Waals surface area contributed by atoms with Crippen LogP contribution in [0.5, 0.6) is 11.5 Å². The summed E-state index contributed by atoms with van der Waals surface area (Å²) in [6, 6.07) is 11.9. The number of aliphatic imine (C=N–C) groups is 1. The molecule has 2 aliphatic rings. The summed E-state index contributed by atoms with van der Waals surface area (Å²) in [7, 11) is 0. The third-order valence-electron chi connectivity index (χ3n) is 5.37. The smallest absolute Gasteiger partial charge is 0.338 e. The zero-order valence-corrected chi connectivity index (χ0v) is 21.7. The van der Waals surface area contributed by atoms with Gasteiger partial charge in [0, 0.05) is 16.9 Å². The number of hydrogen-bond acceptors (Lipinski definition) is 8. The number of allylic oxidation sites excluding steroid dienone is 1. The van der Waals surface area contributed by atoms with Crippen LogP contribution in [0.3, 0.4) is 0 Å². The van der Waals surface area contributed by atoms with Crippen LogP contribution >= 0.6 is 23.4 Å². The molecule has 1 N–H and O–H groups in total. The van der Waals surface area contributed by atoms with Crippen LogP contribution < -0.4 is 14.8 Å². The van der Waals surface area contributed by atoms with Crippen molar-refractivity contribution < 1.29 is 23.8 Å². The SMILES string of the molecule is CCOC(=O)C1=C(C)N=C2SC=CN2[C@H]1c1ccc(OCC(=O)Nc2cccc(Cl)c2)c(OCC)c1. The van der Waals surface area contributed by atoms with Gasteiger partial charge in [0.15, 0.2) is 23.3 Å². The van der Waals surface area contributed by atoms with Gasteiger partial charge >= 0.3 is 5.97 Å². The quantitative estimate of drug-likeness (QED) is 0.429. The minimum absolute atomic E-state index is 0.218. The van der Waals surface area contributed by atoms with E-state index in [0.717, 1.165) is 10.7 Å². The lowest BCUT2D eigenvalue weighted by atomic mass is 9.94. The molecule has 0 spiro atoms. The topological polar surface area (TPSA) is 89.5 Å². The van der Waals surface area contributed by atoms with Gasteiger partial charge in [-0.2, -0.15) is 0 Å². The van der Waals surface area contributed by atoms with Gasteiger partial charge in [-0.05, 0) is 62.1 Å². The average molecular weight is 528 g/mol. The molecule has 188 valence electrons. The molecule has 1 atom stereocenters. The van der Waals surface area contributed by atoms with E-state index in [4.69, 9.17) is 25.8 Å². The molecule has 2 aliphatic heterocycles. The molecule has 8 nitrogen and oxygen atoms in total. The van der Waals surface area contributed by atoms with Crippen LogP contribution in [0.4, 0.5) is 5.69 Å². The van der Waals surface area contributed by atoms with Crippen LogP contribution in [0.25, 0.3) is 0 Å². The zero-order valence-electron chi connectivity index (χ0n) is 20.1. The molecule has 0 bridgehead atoms.